The van der Waals surface area contributed by atoms with E-state index in [1.54, 1.807) is 18.9 Å². The van der Waals surface area contributed by atoms with Crippen LogP contribution in [0.3, 0.4) is 0 Å². The second kappa shape index (κ2) is 17.0. The van der Waals surface area contributed by atoms with Crippen molar-refractivity contribution < 1.29 is 33.3 Å². The minimum absolute atomic E-state index is 0.0742. The number of esters is 1. The second-order valence-electron chi connectivity index (χ2n) is 17.5. The summed E-state index contributed by atoms with van der Waals surface area (Å²) in [5, 5.41) is 6.54. The van der Waals surface area contributed by atoms with Crippen LogP contribution in [0.4, 0.5) is 0 Å². The molecule has 0 spiro atoms. The highest BCUT2D eigenvalue weighted by atomic mass is 32.2. The first-order chi connectivity index (χ1) is 27.9. The number of benzene rings is 1. The third-order valence-electron chi connectivity index (χ3n) is 12.8. The number of hydrogen-bond acceptors (Lipinski definition) is 11. The molecule has 2 amide bonds. The number of methoxy groups -OCH3 is 1. The summed E-state index contributed by atoms with van der Waals surface area (Å²) in [6, 6.07) is 9.10. The maximum absolute atomic E-state index is 14.2. The Kier molecular flexibility index (Phi) is 12.0. The summed E-state index contributed by atoms with van der Waals surface area (Å²) in [5.41, 5.74) is 8.85. The van der Waals surface area contributed by atoms with Gasteiger partial charge in [0.25, 0.3) is 5.91 Å². The molecular formula is C44H58N6O7S. The van der Waals surface area contributed by atoms with E-state index in [2.05, 4.69) is 67.3 Å². The first kappa shape index (κ1) is 40.9. The largest absolute Gasteiger partial charge is 0.464 e. The molecule has 2 N–H and O–H groups in total. The van der Waals surface area contributed by atoms with E-state index in [-0.39, 0.29) is 60.8 Å². The van der Waals surface area contributed by atoms with Crippen LogP contribution in [0.2, 0.25) is 0 Å². The molecule has 13 nitrogen and oxygen atoms in total. The topological polar surface area (TPSA) is 146 Å². The fourth-order valence-corrected chi connectivity index (χ4v) is 10.2. The SMILES string of the molecule is CO[C@@H](C)c1ncccc1-c1c2c3cc(ccc3n1CCO[C@H]1CCOC1)C1CSC(=N1)C[C@H](NC(=O)[C@H]1[C@H](C)[C@@H]1C)C(=O)N1CCC[C@H](N1)C(=O)OCC(C)(C)C2. The van der Waals surface area contributed by atoms with E-state index in [9.17, 15) is 14.4 Å². The summed E-state index contributed by atoms with van der Waals surface area (Å²) < 4.78 is 26.3. The molecule has 5 aliphatic rings. The summed E-state index contributed by atoms with van der Waals surface area (Å²) in [4.78, 5) is 51.5. The fraction of sp³-hybridized carbons (Fsp3) is 0.614. The van der Waals surface area contributed by atoms with Crippen LogP contribution in [0.5, 0.6) is 0 Å². The molecule has 58 heavy (non-hydrogen) atoms. The van der Waals surface area contributed by atoms with E-state index in [1.807, 2.05) is 19.2 Å². The molecule has 4 aliphatic heterocycles. The van der Waals surface area contributed by atoms with Crippen LogP contribution in [-0.2, 0) is 46.3 Å². The number of hydrogen-bond donors (Lipinski definition) is 2. The zero-order valence-electron chi connectivity index (χ0n) is 34.6. The van der Waals surface area contributed by atoms with E-state index in [1.165, 1.54) is 5.01 Å². The van der Waals surface area contributed by atoms with Gasteiger partial charge in [-0.15, -0.1) is 11.8 Å². The Bertz CT molecular complexity index is 2050. The molecule has 6 bridgehead atoms. The van der Waals surface area contributed by atoms with Crippen molar-refractivity contribution in [1.29, 1.82) is 0 Å². The number of fused-ring (bicyclic) bond motifs is 5. The van der Waals surface area contributed by atoms with E-state index >= 15 is 0 Å². The predicted molar refractivity (Wildman–Crippen MR) is 223 cm³/mol. The molecule has 6 heterocycles. The first-order valence-electron chi connectivity index (χ1n) is 21.0. The smallest absolute Gasteiger partial charge is 0.324 e. The molecule has 2 aromatic heterocycles. The molecule has 3 aromatic rings. The van der Waals surface area contributed by atoms with Gasteiger partial charge in [-0.2, -0.15) is 0 Å². The molecule has 1 saturated carbocycles. The zero-order chi connectivity index (χ0) is 40.7. The number of nitrogens with zero attached hydrogens (tertiary/aromatic N) is 4. The predicted octanol–water partition coefficient (Wildman–Crippen LogP) is 5.80. The number of aliphatic imine (C=N–C) groups is 1. The number of ether oxygens (including phenoxy) is 4. The van der Waals surface area contributed by atoms with Gasteiger partial charge in [-0.3, -0.25) is 29.4 Å². The lowest BCUT2D eigenvalue weighted by molar-refractivity contribution is -0.155. The van der Waals surface area contributed by atoms with E-state index in [0.29, 0.717) is 52.2 Å². The van der Waals surface area contributed by atoms with E-state index < -0.39 is 23.5 Å². The van der Waals surface area contributed by atoms with E-state index in [0.717, 1.165) is 56.2 Å². The van der Waals surface area contributed by atoms with Crippen LogP contribution in [-0.4, -0.2) is 101 Å². The molecule has 2 saturated heterocycles. The molecule has 312 valence electrons. The fourth-order valence-electron chi connectivity index (χ4n) is 9.07. The van der Waals surface area contributed by atoms with Crippen LogP contribution in [0.15, 0.2) is 41.5 Å². The van der Waals surface area contributed by atoms with Crippen molar-refractivity contribution >= 4 is 45.5 Å². The van der Waals surface area contributed by atoms with Gasteiger partial charge in [-0.05, 0) is 79.8 Å². The highest BCUT2D eigenvalue weighted by molar-refractivity contribution is 8.14. The van der Waals surface area contributed by atoms with Crippen LogP contribution >= 0.6 is 11.8 Å². The lowest BCUT2D eigenvalue weighted by Crippen LogP contribution is -2.60. The number of thioether (sulfide) groups is 1. The number of hydrazine groups is 1. The van der Waals surface area contributed by atoms with Crippen molar-refractivity contribution in [3.63, 3.8) is 0 Å². The molecule has 8 rings (SSSR count). The van der Waals surface area contributed by atoms with Gasteiger partial charge in [0.1, 0.15) is 12.1 Å². The summed E-state index contributed by atoms with van der Waals surface area (Å²) in [5.74, 6) is 0.386. The molecule has 1 aromatic carbocycles. The number of cyclic esters (lactones) is 1. The Balaban J connectivity index is 1.23. The molecule has 1 unspecified atom stereocenters. The van der Waals surface area contributed by atoms with Gasteiger partial charge in [-0.25, -0.2) is 5.43 Å². The number of nitrogens with one attached hydrogen (secondary N) is 2. The van der Waals surface area contributed by atoms with Gasteiger partial charge >= 0.3 is 5.97 Å². The minimum Gasteiger partial charge on any atom is -0.464 e. The van der Waals surface area contributed by atoms with Gasteiger partial charge in [0, 0.05) is 73.0 Å². The number of carbonyl (C=O) groups is 3. The summed E-state index contributed by atoms with van der Waals surface area (Å²) in [6.07, 6.45) is 4.57. The number of rotatable bonds is 9. The zero-order valence-corrected chi connectivity index (χ0v) is 35.4. The van der Waals surface area contributed by atoms with Gasteiger partial charge < -0.3 is 28.8 Å². The third-order valence-corrected chi connectivity index (χ3v) is 13.9. The van der Waals surface area contributed by atoms with Crippen LogP contribution in [0.1, 0.15) is 89.3 Å². The highest BCUT2D eigenvalue weighted by Gasteiger charge is 2.49. The van der Waals surface area contributed by atoms with Crippen LogP contribution < -0.4 is 10.7 Å². The lowest BCUT2D eigenvalue weighted by Gasteiger charge is -2.35. The highest BCUT2D eigenvalue weighted by Crippen LogP contribution is 2.46. The molecule has 1 aliphatic carbocycles. The second-order valence-corrected chi connectivity index (χ2v) is 18.6. The summed E-state index contributed by atoms with van der Waals surface area (Å²) >= 11 is 1.64. The van der Waals surface area contributed by atoms with Crippen molar-refractivity contribution in [3.05, 3.63) is 53.3 Å². The summed E-state index contributed by atoms with van der Waals surface area (Å²) in [6.45, 7) is 13.5. The van der Waals surface area contributed by atoms with Crippen molar-refractivity contribution in [2.24, 2.45) is 28.2 Å². The van der Waals surface area contributed by atoms with Crippen LogP contribution in [0, 0.1) is 23.2 Å². The van der Waals surface area contributed by atoms with Crippen molar-refractivity contribution in [2.45, 2.75) is 104 Å². The average Bonchev–Trinajstić information content (AvgIpc) is 3.71. The molecule has 3 fully saturated rings. The number of aromatic nitrogens is 2. The number of carbonyl (C=O) groups excluding carboxylic acids is 3. The number of pyridine rings is 1. The van der Waals surface area contributed by atoms with Crippen molar-refractivity contribution in [3.8, 4) is 11.3 Å². The van der Waals surface area contributed by atoms with Gasteiger partial charge in [0.2, 0.25) is 5.91 Å². The Morgan fingerprint density at radius 3 is 2.76 bits per heavy atom. The van der Waals surface area contributed by atoms with Crippen molar-refractivity contribution in [2.75, 3.05) is 45.8 Å². The number of amides is 2. The van der Waals surface area contributed by atoms with Crippen molar-refractivity contribution in [1.82, 2.24) is 25.3 Å². The Hall–Kier alpha value is -3.82. The maximum atomic E-state index is 14.2. The van der Waals surface area contributed by atoms with Gasteiger partial charge in [0.15, 0.2) is 0 Å². The maximum Gasteiger partial charge on any atom is 0.324 e. The third kappa shape index (κ3) is 8.45. The van der Waals surface area contributed by atoms with Gasteiger partial charge in [0.05, 0.1) is 54.5 Å². The molecular weight excluding hydrogens is 757 g/mol. The average molecular weight is 815 g/mol. The van der Waals surface area contributed by atoms with Gasteiger partial charge in [-0.1, -0.05) is 33.8 Å². The Morgan fingerprint density at radius 1 is 1.17 bits per heavy atom. The Labute approximate surface area is 345 Å². The quantitative estimate of drug-likeness (QED) is 0.255. The molecule has 14 heteroatoms. The lowest BCUT2D eigenvalue weighted by atomic mass is 9.84. The van der Waals surface area contributed by atoms with E-state index in [4.69, 9.17) is 28.9 Å². The normalized spacial score (nSPS) is 29.2. The first-order valence-corrected chi connectivity index (χ1v) is 22.0. The minimum atomic E-state index is -0.815. The molecule has 8 atom stereocenters. The summed E-state index contributed by atoms with van der Waals surface area (Å²) in [7, 11) is 1.70. The standard InChI is InChI=1S/C44H58N6O7S/c1-25-26(2)38(25)41(51)47-34-20-37-46-35(23-58-37)28-11-12-36-31(19-28)32(21-44(4,5)24-57-43(53)33-10-8-15-50(48-33)42(34)52)40(30-9-7-14-45-39(30)27(3)54-6)49(36)16-18-56-29-13-17-55-22-29/h7,9,11-12,14,19,25-27,29,33-35,38,48H,8,10,13,15-18,20-24H2,1-6H3,(H,47,51)/t25-,26+,27-,29-,33-,34-,35?,38+/m0/s1. The monoisotopic (exact) mass is 814 g/mol. The Morgan fingerprint density at radius 2 is 2.00 bits per heavy atom. The molecule has 0 radical (unpaired) electrons. The van der Waals surface area contributed by atoms with Crippen LogP contribution in [0.25, 0.3) is 22.2 Å².